The van der Waals surface area contributed by atoms with E-state index in [0.29, 0.717) is 23.3 Å². The van der Waals surface area contributed by atoms with Crippen molar-refractivity contribution in [2.75, 3.05) is 5.32 Å². The van der Waals surface area contributed by atoms with E-state index in [1.807, 2.05) is 6.07 Å². The summed E-state index contributed by atoms with van der Waals surface area (Å²) in [4.78, 5) is 27.2. The van der Waals surface area contributed by atoms with Crippen LogP contribution in [0.15, 0.2) is 41.7 Å². The zero-order chi connectivity index (χ0) is 16.0. The van der Waals surface area contributed by atoms with Crippen LogP contribution in [-0.4, -0.2) is 20.4 Å². The van der Waals surface area contributed by atoms with Crippen molar-refractivity contribution in [2.45, 2.75) is 13.0 Å². The smallest absolute Gasteiger partial charge is 0.228 e. The van der Waals surface area contributed by atoms with Crippen LogP contribution in [0.3, 0.4) is 0 Å². The number of nitrogens with zero attached hydrogens (tertiary/aromatic N) is 3. The number of nitroso groups, excluding NO2 is 1. The predicted octanol–water partition coefficient (Wildman–Crippen LogP) is 2.39. The second kappa shape index (κ2) is 4.99. The van der Waals surface area contributed by atoms with E-state index in [0.717, 1.165) is 16.8 Å². The molecule has 0 radical (unpaired) electrons. The van der Waals surface area contributed by atoms with Crippen LogP contribution < -0.4 is 5.32 Å². The molecule has 3 aromatic rings. The van der Waals surface area contributed by atoms with Crippen molar-refractivity contribution in [3.05, 3.63) is 52.6 Å². The molecule has 0 fully saturated rings. The molecular weight excluding hydrogens is 296 g/mol. The number of anilines is 1. The molecule has 2 N–H and O–H groups in total. The van der Waals surface area contributed by atoms with E-state index in [2.05, 4.69) is 15.5 Å². The number of rotatable bonds is 3. The molecule has 2 aromatic heterocycles. The molecule has 3 heterocycles. The predicted molar refractivity (Wildman–Crippen MR) is 84.3 cm³/mol. The molecule has 0 saturated heterocycles. The quantitative estimate of drug-likeness (QED) is 0.726. The largest absolute Gasteiger partial charge is 0.392 e. The summed E-state index contributed by atoms with van der Waals surface area (Å²) < 4.78 is 1.58. The second-order valence-corrected chi connectivity index (χ2v) is 5.39. The first-order valence-electron chi connectivity index (χ1n) is 7.08. The molecule has 0 atom stereocenters. The van der Waals surface area contributed by atoms with E-state index >= 15 is 0 Å². The van der Waals surface area contributed by atoms with Crippen molar-refractivity contribution in [1.29, 1.82) is 0 Å². The molecule has 7 nitrogen and oxygen atoms in total. The van der Waals surface area contributed by atoms with E-state index < -0.39 is 0 Å². The highest BCUT2D eigenvalue weighted by molar-refractivity contribution is 5.99. The standard InChI is InChI=1S/C16H12N4O3/c21-8-9-3-4-20-13(5-9)18-15(16(20)19-23)10-1-2-12-11(6-10)7-14(22)17-12/h1-6,21H,7-8H2,(H,17,22). The van der Waals surface area contributed by atoms with E-state index in [9.17, 15) is 14.8 Å². The molecule has 7 heteroatoms. The van der Waals surface area contributed by atoms with Crippen LogP contribution in [-0.2, 0) is 17.8 Å². The van der Waals surface area contributed by atoms with Gasteiger partial charge in [0.05, 0.1) is 13.0 Å². The highest BCUT2D eigenvalue weighted by atomic mass is 16.3. The molecule has 0 aliphatic carbocycles. The summed E-state index contributed by atoms with van der Waals surface area (Å²) in [6, 6.07) is 8.85. The number of carbonyl (C=O) groups excluding carboxylic acids is 1. The topological polar surface area (TPSA) is 96.1 Å². The zero-order valence-electron chi connectivity index (χ0n) is 12.0. The van der Waals surface area contributed by atoms with Gasteiger partial charge in [0.25, 0.3) is 0 Å². The van der Waals surface area contributed by atoms with Gasteiger partial charge in [-0.1, -0.05) is 6.07 Å². The van der Waals surface area contributed by atoms with Crippen LogP contribution in [0.25, 0.3) is 16.9 Å². The van der Waals surface area contributed by atoms with Gasteiger partial charge in [-0.25, -0.2) is 4.98 Å². The number of aliphatic hydroxyl groups excluding tert-OH is 1. The van der Waals surface area contributed by atoms with E-state index in [1.165, 1.54) is 0 Å². The lowest BCUT2D eigenvalue weighted by Gasteiger charge is -2.02. The molecule has 1 amide bonds. The summed E-state index contributed by atoms with van der Waals surface area (Å²) in [5.41, 5.74) is 4.08. The second-order valence-electron chi connectivity index (χ2n) is 5.39. The van der Waals surface area contributed by atoms with Crippen molar-refractivity contribution in [2.24, 2.45) is 5.18 Å². The molecular formula is C16H12N4O3. The van der Waals surface area contributed by atoms with Crippen molar-refractivity contribution < 1.29 is 9.90 Å². The van der Waals surface area contributed by atoms with Gasteiger partial charge in [-0.3, -0.25) is 9.20 Å². The average Bonchev–Trinajstić information content (AvgIpc) is 3.11. The van der Waals surface area contributed by atoms with Crippen LogP contribution in [0.1, 0.15) is 11.1 Å². The molecule has 4 rings (SSSR count). The van der Waals surface area contributed by atoms with E-state index in [4.69, 9.17) is 0 Å². The molecule has 114 valence electrons. The number of fused-ring (bicyclic) bond motifs is 2. The summed E-state index contributed by atoms with van der Waals surface area (Å²) in [5, 5.41) is 15.1. The summed E-state index contributed by atoms with van der Waals surface area (Å²) in [6.45, 7) is -0.102. The zero-order valence-corrected chi connectivity index (χ0v) is 12.0. The number of pyridine rings is 1. The maximum Gasteiger partial charge on any atom is 0.228 e. The fourth-order valence-corrected chi connectivity index (χ4v) is 2.83. The van der Waals surface area contributed by atoms with Gasteiger partial charge in [0.15, 0.2) is 0 Å². The monoisotopic (exact) mass is 308 g/mol. The molecule has 0 bridgehead atoms. The number of hydrogen-bond donors (Lipinski definition) is 2. The van der Waals surface area contributed by atoms with Gasteiger partial charge < -0.3 is 10.4 Å². The maximum absolute atomic E-state index is 11.5. The first-order chi connectivity index (χ1) is 11.2. The minimum Gasteiger partial charge on any atom is -0.392 e. The number of benzene rings is 1. The molecule has 1 aliphatic rings. The lowest BCUT2D eigenvalue weighted by Crippen LogP contribution is -2.03. The van der Waals surface area contributed by atoms with E-state index in [1.54, 1.807) is 34.9 Å². The highest BCUT2D eigenvalue weighted by Gasteiger charge is 2.21. The van der Waals surface area contributed by atoms with Gasteiger partial charge >= 0.3 is 0 Å². The fourth-order valence-electron chi connectivity index (χ4n) is 2.83. The Kier molecular flexibility index (Phi) is 2.95. The number of imidazole rings is 1. The van der Waals surface area contributed by atoms with Crippen molar-refractivity contribution >= 4 is 23.1 Å². The van der Waals surface area contributed by atoms with Crippen molar-refractivity contribution in [3.63, 3.8) is 0 Å². The number of hydrogen-bond acceptors (Lipinski definition) is 5. The Labute approximate surface area is 130 Å². The third-order valence-corrected chi connectivity index (χ3v) is 3.94. The van der Waals surface area contributed by atoms with Crippen molar-refractivity contribution in [1.82, 2.24) is 9.38 Å². The Morgan fingerprint density at radius 1 is 1.30 bits per heavy atom. The van der Waals surface area contributed by atoms with Gasteiger partial charge in [-0.05, 0) is 40.6 Å². The third kappa shape index (κ3) is 2.09. The molecule has 0 spiro atoms. The molecule has 23 heavy (non-hydrogen) atoms. The van der Waals surface area contributed by atoms with Gasteiger partial charge in [-0.2, -0.15) is 0 Å². The number of amides is 1. The van der Waals surface area contributed by atoms with Gasteiger partial charge in [0, 0.05) is 17.4 Å². The summed E-state index contributed by atoms with van der Waals surface area (Å²) >= 11 is 0. The normalized spacial score (nSPS) is 13.2. The Balaban J connectivity index is 1.90. The third-order valence-electron chi connectivity index (χ3n) is 3.94. The average molecular weight is 308 g/mol. The minimum atomic E-state index is -0.102. The lowest BCUT2D eigenvalue weighted by atomic mass is 10.1. The number of nitrogens with one attached hydrogen (secondary N) is 1. The van der Waals surface area contributed by atoms with Crippen LogP contribution in [0, 0.1) is 4.91 Å². The molecule has 1 aromatic carbocycles. The summed E-state index contributed by atoms with van der Waals surface area (Å²) in [5.74, 6) is 0.148. The van der Waals surface area contributed by atoms with Crippen LogP contribution in [0.4, 0.5) is 11.5 Å². The summed E-state index contributed by atoms with van der Waals surface area (Å²) in [7, 11) is 0. The van der Waals surface area contributed by atoms with E-state index in [-0.39, 0.29) is 18.3 Å². The Bertz CT molecular complexity index is 961. The highest BCUT2D eigenvalue weighted by Crippen LogP contribution is 2.34. The molecule has 1 aliphatic heterocycles. The summed E-state index contributed by atoms with van der Waals surface area (Å²) in [6.07, 6.45) is 1.97. The molecule has 0 unspecified atom stereocenters. The van der Waals surface area contributed by atoms with Crippen LogP contribution in [0.2, 0.25) is 0 Å². The first-order valence-corrected chi connectivity index (χ1v) is 7.08. The van der Waals surface area contributed by atoms with Crippen molar-refractivity contribution in [3.8, 4) is 11.3 Å². The Morgan fingerprint density at radius 2 is 2.17 bits per heavy atom. The Hall–Kier alpha value is -3.06. The first kappa shape index (κ1) is 13.6. The van der Waals surface area contributed by atoms with Gasteiger partial charge in [-0.15, -0.1) is 4.91 Å². The lowest BCUT2D eigenvalue weighted by molar-refractivity contribution is -0.115. The number of aromatic nitrogens is 2. The van der Waals surface area contributed by atoms with Crippen LogP contribution in [0.5, 0.6) is 0 Å². The number of carbonyl (C=O) groups is 1. The van der Waals surface area contributed by atoms with Gasteiger partial charge in [0.2, 0.25) is 11.7 Å². The van der Waals surface area contributed by atoms with Gasteiger partial charge in [0.1, 0.15) is 11.3 Å². The maximum atomic E-state index is 11.5. The fraction of sp³-hybridized carbons (Fsp3) is 0.125. The number of aliphatic hydroxyl groups is 1. The van der Waals surface area contributed by atoms with Crippen LogP contribution >= 0.6 is 0 Å². The molecule has 0 saturated carbocycles. The SMILES string of the molecule is O=Nc1c(-c2ccc3c(c2)CC(=O)N3)nc2cc(CO)ccn12. The Morgan fingerprint density at radius 3 is 2.96 bits per heavy atom. The minimum absolute atomic E-state index is 0.0477.